The van der Waals surface area contributed by atoms with E-state index < -0.39 is 11.5 Å². The average molecular weight is 241 g/mol. The molecule has 0 spiro atoms. The first kappa shape index (κ1) is 14.5. The van der Waals surface area contributed by atoms with E-state index in [2.05, 4.69) is 19.2 Å². The van der Waals surface area contributed by atoms with Gasteiger partial charge in [0.25, 0.3) is 0 Å². The highest BCUT2D eigenvalue weighted by Gasteiger charge is 2.40. The molecular weight excluding hydrogens is 214 g/mol. The second kappa shape index (κ2) is 7.00. The zero-order valence-electron chi connectivity index (χ0n) is 11.3. The number of aliphatic carboxylic acids is 1. The quantitative estimate of drug-likeness (QED) is 0.673. The van der Waals surface area contributed by atoms with Crippen LogP contribution in [0.25, 0.3) is 0 Å². The van der Waals surface area contributed by atoms with E-state index in [4.69, 9.17) is 0 Å². The molecule has 2 N–H and O–H groups in total. The molecular formula is C14H27NO2. The number of hydrogen-bond donors (Lipinski definition) is 2. The summed E-state index contributed by atoms with van der Waals surface area (Å²) in [5.41, 5.74) is -0.626. The molecule has 0 unspecified atom stereocenters. The highest BCUT2D eigenvalue weighted by molar-refractivity contribution is 5.78. The Labute approximate surface area is 105 Å². The maximum absolute atomic E-state index is 11.5. The summed E-state index contributed by atoms with van der Waals surface area (Å²) >= 11 is 0. The standard InChI is InChI=1S/C14H27NO2/c1-3-5-6-11-15-14(13(16)17)9-7-12(4-2)8-10-14/h12,15H,3-11H2,1-2H3,(H,16,17). The minimum absolute atomic E-state index is 0.626. The Kier molecular flexibility index (Phi) is 5.96. The number of nitrogens with one attached hydrogen (secondary N) is 1. The third-order valence-corrected chi connectivity index (χ3v) is 4.19. The van der Waals surface area contributed by atoms with Crippen LogP contribution in [0.5, 0.6) is 0 Å². The molecule has 0 aromatic heterocycles. The Morgan fingerprint density at radius 2 is 1.94 bits per heavy atom. The first-order chi connectivity index (χ1) is 8.14. The zero-order valence-corrected chi connectivity index (χ0v) is 11.3. The lowest BCUT2D eigenvalue weighted by Gasteiger charge is -2.37. The first-order valence-corrected chi connectivity index (χ1v) is 7.13. The summed E-state index contributed by atoms with van der Waals surface area (Å²) in [6, 6.07) is 0. The molecule has 3 nitrogen and oxygen atoms in total. The van der Waals surface area contributed by atoms with Crippen LogP contribution in [0, 0.1) is 5.92 Å². The Hall–Kier alpha value is -0.570. The monoisotopic (exact) mass is 241 g/mol. The number of hydrogen-bond acceptors (Lipinski definition) is 2. The molecule has 0 aromatic rings. The number of rotatable bonds is 7. The second-order valence-electron chi connectivity index (χ2n) is 5.37. The van der Waals surface area contributed by atoms with Crippen molar-refractivity contribution < 1.29 is 9.90 Å². The van der Waals surface area contributed by atoms with E-state index in [1.54, 1.807) is 0 Å². The Bertz CT molecular complexity index is 232. The molecule has 0 bridgehead atoms. The van der Waals surface area contributed by atoms with Crippen LogP contribution in [-0.2, 0) is 4.79 Å². The van der Waals surface area contributed by atoms with Crippen molar-refractivity contribution in [3.63, 3.8) is 0 Å². The molecule has 1 rings (SSSR count). The van der Waals surface area contributed by atoms with Crippen molar-refractivity contribution in [3.8, 4) is 0 Å². The van der Waals surface area contributed by atoms with Crippen LogP contribution in [0.2, 0.25) is 0 Å². The van der Waals surface area contributed by atoms with Gasteiger partial charge in [0.15, 0.2) is 0 Å². The van der Waals surface area contributed by atoms with Crippen molar-refractivity contribution in [2.24, 2.45) is 5.92 Å². The van der Waals surface area contributed by atoms with E-state index in [9.17, 15) is 9.90 Å². The summed E-state index contributed by atoms with van der Waals surface area (Å²) in [6.07, 6.45) is 8.35. The number of carboxylic acid groups (broad SMARTS) is 1. The van der Waals surface area contributed by atoms with Gasteiger partial charge >= 0.3 is 5.97 Å². The predicted octanol–water partition coefficient (Wildman–Crippen LogP) is 3.19. The maximum Gasteiger partial charge on any atom is 0.323 e. The van der Waals surface area contributed by atoms with Crippen LogP contribution < -0.4 is 5.32 Å². The molecule has 1 saturated carbocycles. The highest BCUT2D eigenvalue weighted by atomic mass is 16.4. The maximum atomic E-state index is 11.5. The Morgan fingerprint density at radius 1 is 1.29 bits per heavy atom. The minimum atomic E-state index is -0.649. The molecule has 0 radical (unpaired) electrons. The summed E-state index contributed by atoms with van der Waals surface area (Å²) in [5.74, 6) is 0.0865. The second-order valence-corrected chi connectivity index (χ2v) is 5.37. The number of carbonyl (C=O) groups is 1. The van der Waals surface area contributed by atoms with Crippen LogP contribution in [0.3, 0.4) is 0 Å². The lowest BCUT2D eigenvalue weighted by atomic mass is 9.75. The van der Waals surface area contributed by atoms with Crippen molar-refractivity contribution >= 4 is 5.97 Å². The van der Waals surface area contributed by atoms with Gasteiger partial charge in [0.2, 0.25) is 0 Å². The molecule has 17 heavy (non-hydrogen) atoms. The Balaban J connectivity index is 2.44. The minimum Gasteiger partial charge on any atom is -0.480 e. The van der Waals surface area contributed by atoms with Gasteiger partial charge in [-0.1, -0.05) is 33.1 Å². The lowest BCUT2D eigenvalue weighted by molar-refractivity contribution is -0.146. The third kappa shape index (κ3) is 3.98. The highest BCUT2D eigenvalue weighted by Crippen LogP contribution is 2.33. The van der Waals surface area contributed by atoms with Crippen molar-refractivity contribution in [2.45, 2.75) is 70.8 Å². The molecule has 1 aliphatic rings. The fraction of sp³-hybridized carbons (Fsp3) is 0.929. The van der Waals surface area contributed by atoms with E-state index in [0.717, 1.165) is 44.6 Å². The fourth-order valence-electron chi connectivity index (χ4n) is 2.75. The summed E-state index contributed by atoms with van der Waals surface area (Å²) < 4.78 is 0. The van der Waals surface area contributed by atoms with Crippen molar-refractivity contribution in [1.29, 1.82) is 0 Å². The van der Waals surface area contributed by atoms with Crippen molar-refractivity contribution in [1.82, 2.24) is 5.32 Å². The van der Waals surface area contributed by atoms with Gasteiger partial charge in [-0.2, -0.15) is 0 Å². The van der Waals surface area contributed by atoms with Crippen LogP contribution in [0.1, 0.15) is 65.2 Å². The third-order valence-electron chi connectivity index (χ3n) is 4.19. The molecule has 3 heteroatoms. The molecule has 0 aliphatic heterocycles. The van der Waals surface area contributed by atoms with Crippen LogP contribution in [-0.4, -0.2) is 23.2 Å². The smallest absolute Gasteiger partial charge is 0.323 e. The number of carboxylic acids is 1. The van der Waals surface area contributed by atoms with Crippen LogP contribution in [0.4, 0.5) is 0 Å². The van der Waals surface area contributed by atoms with E-state index in [0.29, 0.717) is 0 Å². The van der Waals surface area contributed by atoms with Crippen LogP contribution >= 0.6 is 0 Å². The molecule has 0 saturated heterocycles. The average Bonchev–Trinajstić information content (AvgIpc) is 2.35. The van der Waals surface area contributed by atoms with E-state index in [1.807, 2.05) is 0 Å². The molecule has 0 atom stereocenters. The molecule has 0 amide bonds. The van der Waals surface area contributed by atoms with Gasteiger partial charge < -0.3 is 10.4 Å². The summed E-state index contributed by atoms with van der Waals surface area (Å²) in [6.45, 7) is 5.21. The SMILES string of the molecule is CCCCCNC1(C(=O)O)CCC(CC)CC1. The summed E-state index contributed by atoms with van der Waals surface area (Å²) in [7, 11) is 0. The van der Waals surface area contributed by atoms with Gasteiger partial charge in [-0.15, -0.1) is 0 Å². The number of unbranched alkanes of at least 4 members (excludes halogenated alkanes) is 2. The molecule has 0 heterocycles. The van der Waals surface area contributed by atoms with Crippen molar-refractivity contribution in [2.75, 3.05) is 6.54 Å². The lowest BCUT2D eigenvalue weighted by Crippen LogP contribution is -2.54. The van der Waals surface area contributed by atoms with Gasteiger partial charge in [0, 0.05) is 0 Å². The van der Waals surface area contributed by atoms with Crippen molar-refractivity contribution in [3.05, 3.63) is 0 Å². The van der Waals surface area contributed by atoms with Gasteiger partial charge in [0.1, 0.15) is 5.54 Å². The van der Waals surface area contributed by atoms with Crippen LogP contribution in [0.15, 0.2) is 0 Å². The van der Waals surface area contributed by atoms with Gasteiger partial charge in [0.05, 0.1) is 0 Å². The molecule has 1 aliphatic carbocycles. The van der Waals surface area contributed by atoms with E-state index in [1.165, 1.54) is 19.3 Å². The van der Waals surface area contributed by atoms with Gasteiger partial charge in [-0.3, -0.25) is 4.79 Å². The summed E-state index contributed by atoms with van der Waals surface area (Å²) in [4.78, 5) is 11.5. The first-order valence-electron chi connectivity index (χ1n) is 7.13. The molecule has 0 aromatic carbocycles. The normalized spacial score (nSPS) is 29.2. The Morgan fingerprint density at radius 3 is 2.41 bits per heavy atom. The molecule has 100 valence electrons. The molecule has 1 fully saturated rings. The van der Waals surface area contributed by atoms with E-state index in [-0.39, 0.29) is 0 Å². The van der Waals surface area contributed by atoms with Gasteiger partial charge in [-0.25, -0.2) is 0 Å². The van der Waals surface area contributed by atoms with E-state index >= 15 is 0 Å². The summed E-state index contributed by atoms with van der Waals surface area (Å²) in [5, 5.41) is 12.8. The van der Waals surface area contributed by atoms with Gasteiger partial charge in [-0.05, 0) is 44.6 Å². The fourth-order valence-corrected chi connectivity index (χ4v) is 2.75. The predicted molar refractivity (Wildman–Crippen MR) is 70.1 cm³/mol. The zero-order chi connectivity index (χ0) is 12.7. The largest absolute Gasteiger partial charge is 0.480 e. The topological polar surface area (TPSA) is 49.3 Å².